The third-order valence-electron chi connectivity index (χ3n) is 4.01. The minimum absolute atomic E-state index is 0.287. The SMILES string of the molecule is O=S(=O)(c1ccccc1)N1CCC[C@@H]1c1nnc(-c2cccs2)o1. The van der Waals surface area contributed by atoms with Gasteiger partial charge < -0.3 is 4.42 Å². The Labute approximate surface area is 143 Å². The first-order chi connectivity index (χ1) is 11.7. The van der Waals surface area contributed by atoms with Gasteiger partial charge in [-0.3, -0.25) is 0 Å². The number of thiophene rings is 1. The van der Waals surface area contributed by atoms with Crippen molar-refractivity contribution in [2.45, 2.75) is 23.8 Å². The minimum Gasteiger partial charge on any atom is -0.418 e. The van der Waals surface area contributed by atoms with Gasteiger partial charge in [0.2, 0.25) is 15.9 Å². The van der Waals surface area contributed by atoms with Crippen LogP contribution >= 0.6 is 11.3 Å². The van der Waals surface area contributed by atoms with Crippen molar-refractivity contribution in [1.29, 1.82) is 0 Å². The summed E-state index contributed by atoms with van der Waals surface area (Å²) in [6, 6.07) is 11.9. The van der Waals surface area contributed by atoms with E-state index in [0.29, 0.717) is 24.7 Å². The molecule has 3 heterocycles. The van der Waals surface area contributed by atoms with Gasteiger partial charge in [-0.1, -0.05) is 24.3 Å². The summed E-state index contributed by atoms with van der Waals surface area (Å²) in [5.74, 6) is 0.791. The predicted octanol–water partition coefficient (Wildman–Crippen LogP) is 3.32. The van der Waals surface area contributed by atoms with E-state index in [9.17, 15) is 8.42 Å². The third kappa shape index (κ3) is 2.66. The van der Waals surface area contributed by atoms with Gasteiger partial charge in [-0.15, -0.1) is 21.5 Å². The molecule has 0 saturated carbocycles. The summed E-state index contributed by atoms with van der Waals surface area (Å²) in [5.41, 5.74) is 0. The molecule has 4 rings (SSSR count). The summed E-state index contributed by atoms with van der Waals surface area (Å²) in [6.07, 6.45) is 1.45. The first-order valence-corrected chi connectivity index (χ1v) is 9.92. The van der Waals surface area contributed by atoms with Crippen LogP contribution in [-0.4, -0.2) is 29.5 Å². The maximum atomic E-state index is 12.9. The van der Waals surface area contributed by atoms with Crippen LogP contribution in [0.15, 0.2) is 57.2 Å². The smallest absolute Gasteiger partial charge is 0.257 e. The van der Waals surface area contributed by atoms with Crippen molar-refractivity contribution >= 4 is 21.4 Å². The molecule has 0 amide bonds. The number of hydrogen-bond donors (Lipinski definition) is 0. The number of hydrogen-bond acceptors (Lipinski definition) is 6. The second kappa shape index (κ2) is 6.12. The predicted molar refractivity (Wildman–Crippen MR) is 89.9 cm³/mol. The Kier molecular flexibility index (Phi) is 3.95. The summed E-state index contributed by atoms with van der Waals surface area (Å²) in [6.45, 7) is 0.457. The van der Waals surface area contributed by atoms with Gasteiger partial charge in [-0.2, -0.15) is 4.31 Å². The Morgan fingerprint density at radius 2 is 1.96 bits per heavy atom. The molecule has 1 aromatic carbocycles. The van der Waals surface area contributed by atoms with Crippen LogP contribution < -0.4 is 0 Å². The fraction of sp³-hybridized carbons (Fsp3) is 0.250. The van der Waals surface area contributed by atoms with Crippen LogP contribution in [-0.2, 0) is 10.0 Å². The van der Waals surface area contributed by atoms with E-state index in [1.54, 1.807) is 30.3 Å². The van der Waals surface area contributed by atoms with Crippen LogP contribution in [0.1, 0.15) is 24.8 Å². The molecule has 6 nitrogen and oxygen atoms in total. The zero-order chi connectivity index (χ0) is 16.6. The van der Waals surface area contributed by atoms with Gasteiger partial charge in [0.05, 0.1) is 9.77 Å². The highest BCUT2D eigenvalue weighted by Gasteiger charge is 2.39. The highest BCUT2D eigenvalue weighted by atomic mass is 32.2. The van der Waals surface area contributed by atoms with Crippen molar-refractivity contribution in [2.75, 3.05) is 6.54 Å². The largest absolute Gasteiger partial charge is 0.418 e. The monoisotopic (exact) mass is 361 g/mol. The van der Waals surface area contributed by atoms with Gasteiger partial charge >= 0.3 is 0 Å². The first-order valence-electron chi connectivity index (χ1n) is 7.60. The Balaban J connectivity index is 1.66. The summed E-state index contributed by atoms with van der Waals surface area (Å²) in [7, 11) is -3.57. The van der Waals surface area contributed by atoms with E-state index in [0.717, 1.165) is 11.3 Å². The van der Waals surface area contributed by atoms with Gasteiger partial charge in [-0.05, 0) is 36.4 Å². The molecule has 24 heavy (non-hydrogen) atoms. The normalized spacial score (nSPS) is 18.9. The molecule has 1 fully saturated rings. The molecule has 8 heteroatoms. The van der Waals surface area contributed by atoms with Crippen LogP contribution in [0.3, 0.4) is 0 Å². The number of rotatable bonds is 4. The Bertz CT molecular complexity index is 921. The lowest BCUT2D eigenvalue weighted by Gasteiger charge is -2.21. The zero-order valence-electron chi connectivity index (χ0n) is 12.7. The van der Waals surface area contributed by atoms with Crippen molar-refractivity contribution in [3.8, 4) is 10.8 Å². The second-order valence-electron chi connectivity index (χ2n) is 5.51. The van der Waals surface area contributed by atoms with E-state index >= 15 is 0 Å². The Morgan fingerprint density at radius 3 is 2.71 bits per heavy atom. The van der Waals surface area contributed by atoms with Gasteiger partial charge in [-0.25, -0.2) is 8.42 Å². The first kappa shape index (κ1) is 15.5. The fourth-order valence-corrected chi connectivity index (χ4v) is 5.19. The minimum atomic E-state index is -3.57. The van der Waals surface area contributed by atoms with Crippen molar-refractivity contribution in [3.05, 3.63) is 53.7 Å². The lowest BCUT2D eigenvalue weighted by Crippen LogP contribution is -2.30. The number of nitrogens with zero attached hydrogens (tertiary/aromatic N) is 3. The molecule has 1 saturated heterocycles. The summed E-state index contributed by atoms with van der Waals surface area (Å²) >= 11 is 1.51. The maximum Gasteiger partial charge on any atom is 0.257 e. The topological polar surface area (TPSA) is 76.3 Å². The van der Waals surface area contributed by atoms with Crippen molar-refractivity contribution < 1.29 is 12.8 Å². The van der Waals surface area contributed by atoms with E-state index < -0.39 is 16.1 Å². The van der Waals surface area contributed by atoms with Crippen LogP contribution in [0.2, 0.25) is 0 Å². The maximum absolute atomic E-state index is 12.9. The molecule has 0 bridgehead atoms. The lowest BCUT2D eigenvalue weighted by molar-refractivity contribution is 0.332. The van der Waals surface area contributed by atoms with Crippen LogP contribution in [0.25, 0.3) is 10.8 Å². The van der Waals surface area contributed by atoms with E-state index in [-0.39, 0.29) is 4.90 Å². The van der Waals surface area contributed by atoms with Crippen LogP contribution in [0, 0.1) is 0 Å². The van der Waals surface area contributed by atoms with Crippen LogP contribution in [0.4, 0.5) is 0 Å². The summed E-state index contributed by atoms with van der Waals surface area (Å²) < 4.78 is 33.0. The van der Waals surface area contributed by atoms with Crippen molar-refractivity contribution in [1.82, 2.24) is 14.5 Å². The average Bonchev–Trinajstić information content (AvgIpc) is 3.34. The van der Waals surface area contributed by atoms with E-state index in [1.165, 1.54) is 15.6 Å². The Hall–Kier alpha value is -2.03. The summed E-state index contributed by atoms with van der Waals surface area (Å²) in [5, 5.41) is 10.1. The van der Waals surface area contributed by atoms with Crippen LogP contribution in [0.5, 0.6) is 0 Å². The molecule has 0 N–H and O–H groups in total. The van der Waals surface area contributed by atoms with Gasteiger partial charge in [0.15, 0.2) is 0 Å². The molecule has 3 aromatic rings. The zero-order valence-corrected chi connectivity index (χ0v) is 14.3. The standard InChI is InChI=1S/C16H15N3O3S2/c20-24(21,12-6-2-1-3-7-12)19-10-4-8-13(19)15-17-18-16(22-15)14-9-5-11-23-14/h1-3,5-7,9,11,13H,4,8,10H2/t13-/m1/s1. The molecule has 0 radical (unpaired) electrons. The quantitative estimate of drug-likeness (QED) is 0.712. The summed E-state index contributed by atoms with van der Waals surface area (Å²) in [4.78, 5) is 1.17. The number of sulfonamides is 1. The van der Waals surface area contributed by atoms with Gasteiger partial charge in [0.25, 0.3) is 5.89 Å². The van der Waals surface area contributed by atoms with Gasteiger partial charge in [0, 0.05) is 6.54 Å². The molecule has 0 spiro atoms. The molecule has 1 aliphatic rings. The molecule has 1 aliphatic heterocycles. The molecule has 2 aromatic heterocycles. The average molecular weight is 361 g/mol. The fourth-order valence-electron chi connectivity index (χ4n) is 2.87. The van der Waals surface area contributed by atoms with Crippen molar-refractivity contribution in [3.63, 3.8) is 0 Å². The van der Waals surface area contributed by atoms with Gasteiger partial charge in [0.1, 0.15) is 6.04 Å². The molecular formula is C16H15N3O3S2. The molecule has 0 aliphatic carbocycles. The third-order valence-corrected chi connectivity index (χ3v) is 6.79. The molecule has 0 unspecified atom stereocenters. The number of benzene rings is 1. The molecular weight excluding hydrogens is 346 g/mol. The Morgan fingerprint density at radius 1 is 1.12 bits per heavy atom. The lowest BCUT2D eigenvalue weighted by atomic mass is 10.2. The van der Waals surface area contributed by atoms with E-state index in [2.05, 4.69) is 10.2 Å². The highest BCUT2D eigenvalue weighted by molar-refractivity contribution is 7.89. The molecule has 124 valence electrons. The second-order valence-corrected chi connectivity index (χ2v) is 8.35. The molecule has 1 atom stereocenters. The number of aromatic nitrogens is 2. The van der Waals surface area contributed by atoms with E-state index in [4.69, 9.17) is 4.42 Å². The highest BCUT2D eigenvalue weighted by Crippen LogP contribution is 2.37. The van der Waals surface area contributed by atoms with E-state index in [1.807, 2.05) is 17.5 Å². The van der Waals surface area contributed by atoms with Crippen molar-refractivity contribution in [2.24, 2.45) is 0 Å².